The molecule has 3 aromatic rings. The van der Waals surface area contributed by atoms with Crippen LogP contribution in [-0.2, 0) is 6.61 Å². The number of furan rings is 1. The first kappa shape index (κ1) is 21.5. The van der Waals surface area contributed by atoms with Crippen LogP contribution in [0.15, 0.2) is 65.3 Å². The molecule has 1 aromatic heterocycles. The highest BCUT2D eigenvalue weighted by atomic mass is 35.5. The van der Waals surface area contributed by atoms with Gasteiger partial charge in [0.1, 0.15) is 12.4 Å². The summed E-state index contributed by atoms with van der Waals surface area (Å²) in [7, 11) is 0. The Morgan fingerprint density at radius 3 is 2.45 bits per heavy atom. The molecule has 4 rings (SSSR count). The number of benzene rings is 2. The molecule has 7 heteroatoms. The number of para-hydroxylation sites is 1. The summed E-state index contributed by atoms with van der Waals surface area (Å²) >= 11 is 12.0. The summed E-state index contributed by atoms with van der Waals surface area (Å²) in [5.74, 6) is 0.699. The number of amides is 1. The number of nitrogens with zero attached hydrogens (tertiary/aromatic N) is 1. The molecule has 0 aliphatic carbocycles. The SMILES string of the molecule is O=C(c1ccc(Cl)c(Cl)c1)C1CCN(C(=O)c2occc2COc2ccccc2)CC1. The summed E-state index contributed by atoms with van der Waals surface area (Å²) in [5, 5.41) is 0.785. The van der Waals surface area contributed by atoms with Gasteiger partial charge in [-0.05, 0) is 49.2 Å². The van der Waals surface area contributed by atoms with E-state index in [0.717, 1.165) is 5.75 Å². The number of ketones is 1. The number of halogens is 2. The quantitative estimate of drug-likeness (QED) is 0.432. The molecule has 0 atom stereocenters. The van der Waals surface area contributed by atoms with Gasteiger partial charge in [0, 0.05) is 30.1 Å². The number of carbonyl (C=O) groups excluding carboxylic acids is 2. The van der Waals surface area contributed by atoms with E-state index >= 15 is 0 Å². The maximum Gasteiger partial charge on any atom is 0.289 e. The first-order valence-electron chi connectivity index (χ1n) is 10.1. The largest absolute Gasteiger partial charge is 0.489 e. The summed E-state index contributed by atoms with van der Waals surface area (Å²) in [6, 6.07) is 16.1. The molecule has 0 spiro atoms. The van der Waals surface area contributed by atoms with Gasteiger partial charge in [0.15, 0.2) is 11.5 Å². The van der Waals surface area contributed by atoms with Crippen molar-refractivity contribution in [2.24, 2.45) is 5.92 Å². The molecule has 1 amide bonds. The van der Waals surface area contributed by atoms with Crippen molar-refractivity contribution in [1.82, 2.24) is 4.90 Å². The second-order valence-corrected chi connectivity index (χ2v) is 8.25. The topological polar surface area (TPSA) is 59.8 Å². The van der Waals surface area contributed by atoms with E-state index in [1.165, 1.54) is 6.26 Å². The highest BCUT2D eigenvalue weighted by Gasteiger charge is 2.30. The lowest BCUT2D eigenvalue weighted by molar-refractivity contribution is 0.0621. The van der Waals surface area contributed by atoms with Crippen LogP contribution in [0.5, 0.6) is 5.75 Å². The van der Waals surface area contributed by atoms with Crippen LogP contribution in [0, 0.1) is 5.92 Å². The predicted octanol–water partition coefficient (Wildman–Crippen LogP) is 5.90. The normalized spacial score (nSPS) is 14.5. The molecule has 160 valence electrons. The summed E-state index contributed by atoms with van der Waals surface area (Å²) < 4.78 is 11.2. The fraction of sp³-hybridized carbons (Fsp3) is 0.250. The Kier molecular flexibility index (Phi) is 6.64. The van der Waals surface area contributed by atoms with E-state index in [1.54, 1.807) is 29.2 Å². The number of Topliss-reactive ketones (excluding diaryl/α,β-unsaturated/α-hetero) is 1. The molecule has 0 saturated carbocycles. The van der Waals surface area contributed by atoms with E-state index in [2.05, 4.69) is 0 Å². The van der Waals surface area contributed by atoms with Crippen molar-refractivity contribution in [3.63, 3.8) is 0 Å². The van der Waals surface area contributed by atoms with Crippen LogP contribution >= 0.6 is 23.2 Å². The zero-order chi connectivity index (χ0) is 21.8. The number of carbonyl (C=O) groups is 2. The molecule has 1 aliphatic rings. The third-order valence-electron chi connectivity index (χ3n) is 5.44. The van der Waals surface area contributed by atoms with Crippen molar-refractivity contribution in [2.75, 3.05) is 13.1 Å². The van der Waals surface area contributed by atoms with Crippen molar-refractivity contribution in [2.45, 2.75) is 19.4 Å². The average molecular weight is 458 g/mol. The van der Waals surface area contributed by atoms with E-state index < -0.39 is 0 Å². The van der Waals surface area contributed by atoms with Gasteiger partial charge in [-0.3, -0.25) is 9.59 Å². The van der Waals surface area contributed by atoms with Gasteiger partial charge >= 0.3 is 0 Å². The Hall–Kier alpha value is -2.76. The zero-order valence-corrected chi connectivity index (χ0v) is 18.2. The number of piperidine rings is 1. The van der Waals surface area contributed by atoms with Crippen LogP contribution in [0.2, 0.25) is 10.0 Å². The number of rotatable bonds is 6. The van der Waals surface area contributed by atoms with Gasteiger partial charge in [-0.25, -0.2) is 0 Å². The standard InChI is InChI=1S/C24H21Cl2NO4/c25-20-7-6-17(14-21(20)26)22(28)16-8-11-27(12-9-16)24(29)23-18(10-13-30-23)15-31-19-4-2-1-3-5-19/h1-7,10,13-14,16H,8-9,11-12,15H2. The molecule has 1 saturated heterocycles. The molecule has 0 radical (unpaired) electrons. The number of ether oxygens (including phenoxy) is 1. The number of hydrogen-bond donors (Lipinski definition) is 0. The minimum Gasteiger partial charge on any atom is -0.489 e. The van der Waals surface area contributed by atoms with Crippen LogP contribution < -0.4 is 4.74 Å². The van der Waals surface area contributed by atoms with Crippen LogP contribution in [0.25, 0.3) is 0 Å². The molecule has 0 N–H and O–H groups in total. The van der Waals surface area contributed by atoms with Gasteiger partial charge in [-0.2, -0.15) is 0 Å². The lowest BCUT2D eigenvalue weighted by Gasteiger charge is -2.31. The average Bonchev–Trinajstić information content (AvgIpc) is 3.28. The molecule has 0 unspecified atom stereocenters. The summed E-state index contributed by atoms with van der Waals surface area (Å²) in [4.78, 5) is 27.5. The lowest BCUT2D eigenvalue weighted by Crippen LogP contribution is -2.40. The fourth-order valence-corrected chi connectivity index (χ4v) is 3.99. The van der Waals surface area contributed by atoms with Gasteiger partial charge in [0.25, 0.3) is 5.91 Å². The third-order valence-corrected chi connectivity index (χ3v) is 6.17. The Labute approximate surface area is 190 Å². The lowest BCUT2D eigenvalue weighted by atomic mass is 9.89. The molecule has 31 heavy (non-hydrogen) atoms. The van der Waals surface area contributed by atoms with Crippen LogP contribution in [0.3, 0.4) is 0 Å². The Balaban J connectivity index is 1.36. The highest BCUT2D eigenvalue weighted by molar-refractivity contribution is 6.42. The molecule has 1 aliphatic heterocycles. The number of likely N-dealkylation sites (tertiary alicyclic amines) is 1. The maximum atomic E-state index is 13.0. The number of hydrogen-bond acceptors (Lipinski definition) is 4. The molecule has 2 aromatic carbocycles. The van der Waals surface area contributed by atoms with Crippen molar-refractivity contribution in [1.29, 1.82) is 0 Å². The fourth-order valence-electron chi connectivity index (χ4n) is 3.69. The van der Waals surface area contributed by atoms with Crippen molar-refractivity contribution < 1.29 is 18.7 Å². The smallest absolute Gasteiger partial charge is 0.289 e. The Morgan fingerprint density at radius 2 is 1.74 bits per heavy atom. The molecular weight excluding hydrogens is 437 g/mol. The van der Waals surface area contributed by atoms with Crippen molar-refractivity contribution in [3.8, 4) is 5.75 Å². The first-order chi connectivity index (χ1) is 15.0. The second-order valence-electron chi connectivity index (χ2n) is 7.44. The maximum absolute atomic E-state index is 13.0. The van der Waals surface area contributed by atoms with Gasteiger partial charge < -0.3 is 14.1 Å². The summed E-state index contributed by atoms with van der Waals surface area (Å²) in [6.45, 7) is 1.21. The van der Waals surface area contributed by atoms with Gasteiger partial charge in [0.05, 0.1) is 16.3 Å². The van der Waals surface area contributed by atoms with Gasteiger partial charge in [0.2, 0.25) is 0 Å². The Bertz CT molecular complexity index is 1070. The van der Waals surface area contributed by atoms with E-state index in [4.69, 9.17) is 32.4 Å². The van der Waals surface area contributed by atoms with Crippen LogP contribution in [-0.4, -0.2) is 29.7 Å². The molecule has 5 nitrogen and oxygen atoms in total. The van der Waals surface area contributed by atoms with Crippen LogP contribution in [0.1, 0.15) is 39.3 Å². The van der Waals surface area contributed by atoms with Crippen LogP contribution in [0.4, 0.5) is 0 Å². The predicted molar refractivity (Wildman–Crippen MR) is 119 cm³/mol. The molecule has 0 bridgehead atoms. The van der Waals surface area contributed by atoms with E-state index in [1.807, 2.05) is 30.3 Å². The van der Waals surface area contributed by atoms with Crippen molar-refractivity contribution >= 4 is 34.9 Å². The van der Waals surface area contributed by atoms with Gasteiger partial charge in [-0.15, -0.1) is 0 Å². The van der Waals surface area contributed by atoms with E-state index in [9.17, 15) is 9.59 Å². The monoisotopic (exact) mass is 457 g/mol. The van der Waals surface area contributed by atoms with Crippen molar-refractivity contribution in [3.05, 3.63) is 87.8 Å². The molecular formula is C24H21Cl2NO4. The zero-order valence-electron chi connectivity index (χ0n) is 16.7. The summed E-state index contributed by atoms with van der Waals surface area (Å²) in [6.07, 6.45) is 2.67. The Morgan fingerprint density at radius 1 is 1.00 bits per heavy atom. The highest BCUT2D eigenvalue weighted by Crippen LogP contribution is 2.28. The minimum absolute atomic E-state index is 0.0283. The third kappa shape index (κ3) is 4.94. The molecule has 1 fully saturated rings. The molecule has 2 heterocycles. The van der Waals surface area contributed by atoms with Gasteiger partial charge in [-0.1, -0.05) is 41.4 Å². The van der Waals surface area contributed by atoms with E-state index in [-0.39, 0.29) is 30.0 Å². The second kappa shape index (κ2) is 9.58. The summed E-state index contributed by atoms with van der Waals surface area (Å²) in [5.41, 5.74) is 1.24. The van der Waals surface area contributed by atoms with E-state index in [0.29, 0.717) is 47.1 Å². The first-order valence-corrected chi connectivity index (χ1v) is 10.8. The minimum atomic E-state index is -0.183.